The Morgan fingerprint density at radius 1 is 1.40 bits per heavy atom. The van der Waals surface area contributed by atoms with Crippen molar-refractivity contribution >= 4 is 23.0 Å². The third kappa shape index (κ3) is 2.82. The number of fused-ring (bicyclic) bond motifs is 1. The lowest BCUT2D eigenvalue weighted by atomic mass is 10.0. The molecule has 0 spiro atoms. The number of para-hydroxylation sites is 1. The molecule has 1 aliphatic rings. The van der Waals surface area contributed by atoms with Gasteiger partial charge < -0.3 is 10.0 Å². The molecule has 5 heteroatoms. The van der Waals surface area contributed by atoms with E-state index in [2.05, 4.69) is 34.1 Å². The molecule has 2 aromatic rings. The Kier molecular flexibility index (Phi) is 3.69. The Morgan fingerprint density at radius 3 is 3.10 bits per heavy atom. The number of benzene rings is 1. The third-order valence-corrected chi connectivity index (χ3v) is 4.35. The molecule has 0 unspecified atom stereocenters. The Bertz CT molecular complexity index is 624. The summed E-state index contributed by atoms with van der Waals surface area (Å²) in [6.45, 7) is 1.80. The van der Waals surface area contributed by atoms with Gasteiger partial charge in [0.15, 0.2) is 0 Å². The molecule has 1 aromatic carbocycles. The van der Waals surface area contributed by atoms with Crippen molar-refractivity contribution in [1.29, 1.82) is 0 Å². The van der Waals surface area contributed by atoms with E-state index in [1.54, 1.807) is 11.3 Å². The van der Waals surface area contributed by atoms with Crippen LogP contribution in [0.2, 0.25) is 0 Å². The Labute approximate surface area is 121 Å². The maximum Gasteiger partial charge on any atom is 0.309 e. The number of nitrogens with zero attached hydrogens (tertiary/aromatic N) is 2. The van der Waals surface area contributed by atoms with Crippen molar-refractivity contribution in [2.45, 2.75) is 25.8 Å². The minimum atomic E-state index is -0.829. The number of carboxylic acid groups (broad SMARTS) is 1. The zero-order chi connectivity index (χ0) is 13.9. The van der Waals surface area contributed by atoms with Gasteiger partial charge in [0, 0.05) is 17.6 Å². The summed E-state index contributed by atoms with van der Waals surface area (Å²) in [5.41, 5.74) is 3.33. The molecular formula is C15H16N2O2S. The highest BCUT2D eigenvalue weighted by Crippen LogP contribution is 2.28. The fourth-order valence-corrected chi connectivity index (χ4v) is 3.41. The van der Waals surface area contributed by atoms with Gasteiger partial charge in [0.1, 0.15) is 5.01 Å². The summed E-state index contributed by atoms with van der Waals surface area (Å²) >= 11 is 1.54. The standard InChI is InChI=1S/C15H16N2O2S/c18-15(19)8-12-10-20-14(16-12)9-17-7-3-5-11-4-1-2-6-13(11)17/h1-2,4,6,10H,3,5,7-9H2,(H,18,19). The van der Waals surface area contributed by atoms with Gasteiger partial charge in [-0.3, -0.25) is 4.79 Å². The lowest BCUT2D eigenvalue weighted by Crippen LogP contribution is -2.28. The van der Waals surface area contributed by atoms with Crippen molar-refractivity contribution in [3.63, 3.8) is 0 Å². The van der Waals surface area contributed by atoms with Crippen LogP contribution in [-0.4, -0.2) is 22.6 Å². The first-order valence-electron chi connectivity index (χ1n) is 6.70. The smallest absolute Gasteiger partial charge is 0.309 e. The quantitative estimate of drug-likeness (QED) is 0.940. The molecule has 3 rings (SSSR count). The van der Waals surface area contributed by atoms with Gasteiger partial charge in [0.25, 0.3) is 0 Å². The second-order valence-corrected chi connectivity index (χ2v) is 5.90. The van der Waals surface area contributed by atoms with Crippen LogP contribution in [0.5, 0.6) is 0 Å². The number of aliphatic carboxylic acids is 1. The fraction of sp³-hybridized carbons (Fsp3) is 0.333. The van der Waals surface area contributed by atoms with Crippen molar-refractivity contribution in [3.05, 3.63) is 45.9 Å². The minimum absolute atomic E-state index is 0.00703. The van der Waals surface area contributed by atoms with Crippen molar-refractivity contribution in [2.75, 3.05) is 11.4 Å². The van der Waals surface area contributed by atoms with E-state index in [0.29, 0.717) is 5.69 Å². The molecule has 1 aromatic heterocycles. The van der Waals surface area contributed by atoms with Crippen LogP contribution in [-0.2, 0) is 24.2 Å². The van der Waals surface area contributed by atoms with Crippen LogP contribution in [0.4, 0.5) is 5.69 Å². The fourth-order valence-electron chi connectivity index (χ4n) is 2.60. The number of carboxylic acids is 1. The van der Waals surface area contributed by atoms with Gasteiger partial charge in [0.2, 0.25) is 0 Å². The molecule has 0 bridgehead atoms. The molecule has 0 amide bonds. The maximum absolute atomic E-state index is 10.7. The number of hydrogen-bond acceptors (Lipinski definition) is 4. The van der Waals surface area contributed by atoms with Crippen molar-refractivity contribution < 1.29 is 9.90 Å². The van der Waals surface area contributed by atoms with Gasteiger partial charge in [0.05, 0.1) is 18.7 Å². The molecule has 0 saturated heterocycles. The third-order valence-electron chi connectivity index (χ3n) is 3.46. The van der Waals surface area contributed by atoms with Crippen molar-refractivity contribution in [2.24, 2.45) is 0 Å². The summed E-state index contributed by atoms with van der Waals surface area (Å²) in [7, 11) is 0. The van der Waals surface area contributed by atoms with Crippen LogP contribution in [0.25, 0.3) is 0 Å². The molecule has 1 aliphatic heterocycles. The summed E-state index contributed by atoms with van der Waals surface area (Å²) in [5.74, 6) is -0.829. The molecular weight excluding hydrogens is 272 g/mol. The molecule has 104 valence electrons. The van der Waals surface area contributed by atoms with Crippen LogP contribution in [0, 0.1) is 0 Å². The van der Waals surface area contributed by atoms with Crippen molar-refractivity contribution in [1.82, 2.24) is 4.98 Å². The van der Waals surface area contributed by atoms with E-state index in [1.807, 2.05) is 5.38 Å². The lowest BCUT2D eigenvalue weighted by Gasteiger charge is -2.30. The van der Waals surface area contributed by atoms with E-state index in [9.17, 15) is 4.79 Å². The molecule has 0 radical (unpaired) electrons. The first-order chi connectivity index (χ1) is 9.72. The van der Waals surface area contributed by atoms with Crippen LogP contribution in [0.1, 0.15) is 22.7 Å². The summed E-state index contributed by atoms with van der Waals surface area (Å²) < 4.78 is 0. The Morgan fingerprint density at radius 2 is 2.25 bits per heavy atom. The van der Waals surface area contributed by atoms with E-state index < -0.39 is 5.97 Å². The monoisotopic (exact) mass is 288 g/mol. The van der Waals surface area contributed by atoms with Crippen LogP contribution in [0.3, 0.4) is 0 Å². The molecule has 0 fully saturated rings. The highest BCUT2D eigenvalue weighted by Gasteiger charge is 2.17. The molecule has 2 heterocycles. The highest BCUT2D eigenvalue weighted by molar-refractivity contribution is 7.09. The topological polar surface area (TPSA) is 53.4 Å². The average molecular weight is 288 g/mol. The van der Waals surface area contributed by atoms with E-state index in [-0.39, 0.29) is 6.42 Å². The van der Waals surface area contributed by atoms with Crippen LogP contribution >= 0.6 is 11.3 Å². The molecule has 0 saturated carbocycles. The maximum atomic E-state index is 10.7. The van der Waals surface area contributed by atoms with Crippen LogP contribution in [0.15, 0.2) is 29.6 Å². The molecule has 0 aliphatic carbocycles. The highest BCUT2D eigenvalue weighted by atomic mass is 32.1. The first-order valence-corrected chi connectivity index (χ1v) is 7.58. The predicted molar refractivity (Wildman–Crippen MR) is 79.3 cm³/mol. The number of anilines is 1. The van der Waals surface area contributed by atoms with E-state index in [1.165, 1.54) is 11.3 Å². The zero-order valence-electron chi connectivity index (χ0n) is 11.1. The normalized spacial score (nSPS) is 14.1. The van der Waals surface area contributed by atoms with E-state index >= 15 is 0 Å². The van der Waals surface area contributed by atoms with Gasteiger partial charge in [-0.05, 0) is 24.5 Å². The second kappa shape index (κ2) is 5.63. The number of hydrogen-bond donors (Lipinski definition) is 1. The van der Waals surface area contributed by atoms with E-state index in [0.717, 1.165) is 30.9 Å². The number of carbonyl (C=O) groups is 1. The summed E-state index contributed by atoms with van der Waals surface area (Å²) in [6.07, 6.45) is 2.30. The number of thiazole rings is 1. The van der Waals surface area contributed by atoms with Gasteiger partial charge in [-0.15, -0.1) is 11.3 Å². The largest absolute Gasteiger partial charge is 0.481 e. The summed E-state index contributed by atoms with van der Waals surface area (Å²) in [5, 5.41) is 11.6. The van der Waals surface area contributed by atoms with Crippen molar-refractivity contribution in [3.8, 4) is 0 Å². The molecule has 1 N–H and O–H groups in total. The Balaban J connectivity index is 1.75. The predicted octanol–water partition coefficient (Wildman–Crippen LogP) is 2.72. The van der Waals surface area contributed by atoms with E-state index in [4.69, 9.17) is 5.11 Å². The minimum Gasteiger partial charge on any atom is -0.481 e. The molecule has 4 nitrogen and oxygen atoms in total. The van der Waals surface area contributed by atoms with Gasteiger partial charge in [-0.2, -0.15) is 0 Å². The average Bonchev–Trinajstić information content (AvgIpc) is 2.86. The second-order valence-electron chi connectivity index (χ2n) is 4.96. The summed E-state index contributed by atoms with van der Waals surface area (Å²) in [6, 6.07) is 8.48. The first kappa shape index (κ1) is 13.1. The number of aromatic nitrogens is 1. The van der Waals surface area contributed by atoms with Gasteiger partial charge in [-0.1, -0.05) is 18.2 Å². The zero-order valence-corrected chi connectivity index (χ0v) is 11.9. The molecule has 0 atom stereocenters. The number of aryl methyl sites for hydroxylation is 1. The summed E-state index contributed by atoms with van der Waals surface area (Å²) in [4.78, 5) is 17.4. The lowest BCUT2D eigenvalue weighted by molar-refractivity contribution is -0.136. The van der Waals surface area contributed by atoms with Gasteiger partial charge >= 0.3 is 5.97 Å². The molecule has 20 heavy (non-hydrogen) atoms. The SMILES string of the molecule is O=C(O)Cc1csc(CN2CCCc3ccccc32)n1. The van der Waals surface area contributed by atoms with Crippen LogP contribution < -0.4 is 4.90 Å². The van der Waals surface area contributed by atoms with Gasteiger partial charge in [-0.25, -0.2) is 4.98 Å². The number of rotatable bonds is 4. The Hall–Kier alpha value is -1.88.